The van der Waals surface area contributed by atoms with Gasteiger partial charge in [-0.2, -0.15) is 0 Å². The lowest BCUT2D eigenvalue weighted by Gasteiger charge is -2.05. The molecule has 1 rings (SSSR count). The van der Waals surface area contributed by atoms with Crippen LogP contribution in [0.2, 0.25) is 0 Å². The van der Waals surface area contributed by atoms with Crippen molar-refractivity contribution in [1.82, 2.24) is 10.3 Å². The van der Waals surface area contributed by atoms with Crippen molar-refractivity contribution in [2.45, 2.75) is 13.8 Å². The second-order valence-electron chi connectivity index (χ2n) is 3.13. The number of carbonyl (C=O) groups excluding carboxylic acids is 1. The maximum Gasteiger partial charge on any atom is 0.216 e. The molecule has 0 saturated heterocycles. The molecule has 4 heteroatoms. The van der Waals surface area contributed by atoms with E-state index in [-0.39, 0.29) is 5.91 Å². The smallest absolute Gasteiger partial charge is 0.216 e. The van der Waals surface area contributed by atoms with Gasteiger partial charge in [-0.05, 0) is 18.6 Å². The molecular formula is C10H15N3O. The molecule has 0 aromatic carbocycles. The summed E-state index contributed by atoms with van der Waals surface area (Å²) in [5.74, 6) is 0.824. The van der Waals surface area contributed by atoms with E-state index in [0.717, 1.165) is 11.4 Å². The first kappa shape index (κ1) is 10.5. The number of aromatic nitrogens is 1. The number of pyridine rings is 1. The fraction of sp³-hybridized carbons (Fsp3) is 0.400. The molecule has 0 spiro atoms. The zero-order valence-electron chi connectivity index (χ0n) is 8.50. The van der Waals surface area contributed by atoms with Crippen molar-refractivity contribution in [2.24, 2.45) is 0 Å². The Hall–Kier alpha value is -1.58. The Kier molecular flexibility index (Phi) is 3.91. The highest BCUT2D eigenvalue weighted by molar-refractivity contribution is 5.72. The molecule has 1 amide bonds. The number of nitrogens with one attached hydrogen (secondary N) is 2. The van der Waals surface area contributed by atoms with E-state index in [4.69, 9.17) is 0 Å². The van der Waals surface area contributed by atoms with Crippen LogP contribution in [0.15, 0.2) is 18.3 Å². The number of hydrogen-bond acceptors (Lipinski definition) is 3. The first-order valence-electron chi connectivity index (χ1n) is 4.59. The van der Waals surface area contributed by atoms with Crippen molar-refractivity contribution >= 4 is 11.7 Å². The van der Waals surface area contributed by atoms with Crippen LogP contribution in [0, 0.1) is 6.92 Å². The van der Waals surface area contributed by atoms with Gasteiger partial charge in [-0.3, -0.25) is 4.79 Å². The summed E-state index contributed by atoms with van der Waals surface area (Å²) in [6, 6.07) is 3.91. The molecule has 1 aromatic heterocycles. The molecular weight excluding hydrogens is 178 g/mol. The zero-order valence-corrected chi connectivity index (χ0v) is 8.50. The summed E-state index contributed by atoms with van der Waals surface area (Å²) in [6.45, 7) is 4.80. The van der Waals surface area contributed by atoms with E-state index in [2.05, 4.69) is 15.6 Å². The molecule has 0 aliphatic heterocycles. The van der Waals surface area contributed by atoms with Gasteiger partial charge in [0, 0.05) is 26.2 Å². The van der Waals surface area contributed by atoms with Gasteiger partial charge in [-0.25, -0.2) is 4.98 Å². The van der Waals surface area contributed by atoms with E-state index in [0.29, 0.717) is 13.1 Å². The lowest BCUT2D eigenvalue weighted by atomic mass is 10.3. The van der Waals surface area contributed by atoms with Crippen molar-refractivity contribution in [3.8, 4) is 0 Å². The van der Waals surface area contributed by atoms with E-state index < -0.39 is 0 Å². The van der Waals surface area contributed by atoms with Gasteiger partial charge in [0.15, 0.2) is 0 Å². The van der Waals surface area contributed by atoms with E-state index in [1.165, 1.54) is 6.92 Å². The average molecular weight is 193 g/mol. The van der Waals surface area contributed by atoms with Gasteiger partial charge < -0.3 is 10.6 Å². The van der Waals surface area contributed by atoms with Crippen LogP contribution in [0.1, 0.15) is 12.5 Å². The molecule has 0 saturated carbocycles. The van der Waals surface area contributed by atoms with E-state index in [1.807, 2.05) is 19.1 Å². The molecule has 4 nitrogen and oxygen atoms in total. The number of amides is 1. The van der Waals surface area contributed by atoms with E-state index in [9.17, 15) is 4.79 Å². The molecule has 1 aromatic rings. The maximum atomic E-state index is 10.5. The van der Waals surface area contributed by atoms with Crippen LogP contribution >= 0.6 is 0 Å². The Morgan fingerprint density at radius 2 is 2.21 bits per heavy atom. The average Bonchev–Trinajstić information content (AvgIpc) is 2.15. The Morgan fingerprint density at radius 1 is 1.43 bits per heavy atom. The normalized spacial score (nSPS) is 9.57. The van der Waals surface area contributed by atoms with Crippen molar-refractivity contribution in [3.63, 3.8) is 0 Å². The molecule has 0 atom stereocenters. The quantitative estimate of drug-likeness (QED) is 0.700. The first-order chi connectivity index (χ1) is 6.68. The van der Waals surface area contributed by atoms with E-state index in [1.54, 1.807) is 6.20 Å². The van der Waals surface area contributed by atoms with Gasteiger partial charge in [0.25, 0.3) is 0 Å². The summed E-state index contributed by atoms with van der Waals surface area (Å²) in [5.41, 5.74) is 1.14. The number of rotatable bonds is 4. The minimum absolute atomic E-state index is 0.0105. The topological polar surface area (TPSA) is 54.0 Å². The molecule has 0 aliphatic carbocycles. The minimum atomic E-state index is -0.0105. The number of carbonyl (C=O) groups is 1. The number of aryl methyl sites for hydroxylation is 1. The monoisotopic (exact) mass is 193 g/mol. The molecule has 0 unspecified atom stereocenters. The van der Waals surface area contributed by atoms with Crippen molar-refractivity contribution in [3.05, 3.63) is 23.9 Å². The molecule has 0 fully saturated rings. The molecule has 14 heavy (non-hydrogen) atoms. The fourth-order valence-corrected chi connectivity index (χ4v) is 1.00. The summed E-state index contributed by atoms with van der Waals surface area (Å²) in [5, 5.41) is 5.80. The molecule has 2 N–H and O–H groups in total. The Morgan fingerprint density at radius 3 is 2.79 bits per heavy atom. The summed E-state index contributed by atoms with van der Waals surface area (Å²) >= 11 is 0. The third-order valence-electron chi connectivity index (χ3n) is 1.72. The fourth-order valence-electron chi connectivity index (χ4n) is 1.00. The second-order valence-corrected chi connectivity index (χ2v) is 3.13. The van der Waals surface area contributed by atoms with Crippen molar-refractivity contribution in [1.29, 1.82) is 0 Å². The van der Waals surface area contributed by atoms with Crippen LogP contribution in [0.25, 0.3) is 0 Å². The Bertz CT molecular complexity index is 295. The third kappa shape index (κ3) is 3.89. The van der Waals surface area contributed by atoms with Gasteiger partial charge in [-0.1, -0.05) is 6.07 Å². The minimum Gasteiger partial charge on any atom is -0.368 e. The Labute approximate surface area is 83.7 Å². The number of anilines is 1. The van der Waals surface area contributed by atoms with Crippen LogP contribution in [0.4, 0.5) is 5.82 Å². The highest BCUT2D eigenvalue weighted by Gasteiger charge is 1.93. The molecule has 0 aliphatic rings. The summed E-state index contributed by atoms with van der Waals surface area (Å²) in [4.78, 5) is 14.7. The van der Waals surface area contributed by atoms with E-state index >= 15 is 0 Å². The van der Waals surface area contributed by atoms with Crippen molar-refractivity contribution < 1.29 is 4.79 Å². The highest BCUT2D eigenvalue weighted by Crippen LogP contribution is 2.02. The largest absolute Gasteiger partial charge is 0.368 e. The summed E-state index contributed by atoms with van der Waals surface area (Å²) in [6.07, 6.45) is 1.81. The maximum absolute atomic E-state index is 10.5. The van der Waals surface area contributed by atoms with Crippen LogP contribution < -0.4 is 10.6 Å². The predicted molar refractivity (Wildman–Crippen MR) is 56.1 cm³/mol. The molecule has 1 heterocycles. The van der Waals surface area contributed by atoms with Gasteiger partial charge in [0.1, 0.15) is 5.82 Å². The molecule has 0 bridgehead atoms. The summed E-state index contributed by atoms with van der Waals surface area (Å²) < 4.78 is 0. The predicted octanol–water partition coefficient (Wildman–Crippen LogP) is 0.938. The van der Waals surface area contributed by atoms with Crippen LogP contribution in [0.5, 0.6) is 0 Å². The zero-order chi connectivity index (χ0) is 10.4. The Balaban J connectivity index is 2.25. The van der Waals surface area contributed by atoms with Gasteiger partial charge >= 0.3 is 0 Å². The number of nitrogens with zero attached hydrogens (tertiary/aromatic N) is 1. The second kappa shape index (κ2) is 5.21. The lowest BCUT2D eigenvalue weighted by molar-refractivity contribution is -0.118. The van der Waals surface area contributed by atoms with Gasteiger partial charge in [-0.15, -0.1) is 0 Å². The van der Waals surface area contributed by atoms with Crippen LogP contribution in [-0.4, -0.2) is 24.0 Å². The number of hydrogen-bond donors (Lipinski definition) is 2. The first-order valence-corrected chi connectivity index (χ1v) is 4.59. The van der Waals surface area contributed by atoms with Crippen molar-refractivity contribution in [2.75, 3.05) is 18.4 Å². The standard InChI is InChI=1S/C10H15N3O/c1-8-3-4-10(13-7-8)12-6-5-11-9(2)14/h3-4,7H,5-6H2,1-2H3,(H,11,14)(H,12,13). The third-order valence-corrected chi connectivity index (χ3v) is 1.72. The SMILES string of the molecule is CC(=O)NCCNc1ccc(C)cn1. The van der Waals surface area contributed by atoms with Crippen LogP contribution in [0.3, 0.4) is 0 Å². The van der Waals surface area contributed by atoms with Gasteiger partial charge in [0.2, 0.25) is 5.91 Å². The highest BCUT2D eigenvalue weighted by atomic mass is 16.1. The van der Waals surface area contributed by atoms with Crippen LogP contribution in [-0.2, 0) is 4.79 Å². The molecule has 76 valence electrons. The molecule has 0 radical (unpaired) electrons. The lowest BCUT2D eigenvalue weighted by Crippen LogP contribution is -2.26. The summed E-state index contributed by atoms with van der Waals surface area (Å²) in [7, 11) is 0. The van der Waals surface area contributed by atoms with Gasteiger partial charge in [0.05, 0.1) is 0 Å².